The zero-order chi connectivity index (χ0) is 16.9. The van der Waals surface area contributed by atoms with Crippen molar-refractivity contribution < 1.29 is 14.0 Å². The Balaban J connectivity index is 0.00000116. The van der Waals surface area contributed by atoms with Gasteiger partial charge in [0, 0.05) is 12.5 Å². The van der Waals surface area contributed by atoms with E-state index in [2.05, 4.69) is 0 Å². The molecule has 0 saturated heterocycles. The van der Waals surface area contributed by atoms with Crippen LogP contribution in [0.4, 0.5) is 4.39 Å². The van der Waals surface area contributed by atoms with E-state index in [1.54, 1.807) is 38.1 Å². The van der Waals surface area contributed by atoms with Crippen LogP contribution in [0.1, 0.15) is 48.4 Å². The summed E-state index contributed by atoms with van der Waals surface area (Å²) in [6, 6.07) is 6.61. The van der Waals surface area contributed by atoms with Crippen molar-refractivity contribution in [3.8, 4) is 0 Å². The molecule has 1 atom stereocenters. The summed E-state index contributed by atoms with van der Waals surface area (Å²) in [5.41, 5.74) is 6.53. The van der Waals surface area contributed by atoms with Gasteiger partial charge in [-0.3, -0.25) is 14.5 Å². The van der Waals surface area contributed by atoms with Crippen LogP contribution in [0.25, 0.3) is 0 Å². The van der Waals surface area contributed by atoms with E-state index in [0.29, 0.717) is 16.7 Å². The highest BCUT2D eigenvalue weighted by Crippen LogP contribution is 2.25. The van der Waals surface area contributed by atoms with Crippen LogP contribution < -0.4 is 5.73 Å². The van der Waals surface area contributed by atoms with Gasteiger partial charge in [-0.25, -0.2) is 4.39 Å². The van der Waals surface area contributed by atoms with Gasteiger partial charge in [-0.1, -0.05) is 32.9 Å². The summed E-state index contributed by atoms with van der Waals surface area (Å²) in [5.74, 6) is -1.52. The molecule has 1 heterocycles. The van der Waals surface area contributed by atoms with Gasteiger partial charge in [0.15, 0.2) is 0 Å². The lowest BCUT2D eigenvalue weighted by Crippen LogP contribution is -2.32. The fourth-order valence-electron chi connectivity index (χ4n) is 2.22. The summed E-state index contributed by atoms with van der Waals surface area (Å²) in [5, 5.41) is 0. The average molecular weight is 306 g/mol. The van der Waals surface area contributed by atoms with E-state index >= 15 is 0 Å². The normalized spacial score (nSPS) is 15.8. The van der Waals surface area contributed by atoms with Gasteiger partial charge in [0.25, 0.3) is 11.8 Å². The standard InChI is InChI=1S/C15H17FN2O2.C2H6/c1-9(7-17)13(16)10(2)8-18-14(19)11-5-3-4-6-12(11)15(18)20;1-2/h3-6,9H,7-8,17H2,1-2H3;1-2H3/b13-10-;. The molecule has 22 heavy (non-hydrogen) atoms. The van der Waals surface area contributed by atoms with E-state index in [1.165, 1.54) is 0 Å². The molecule has 0 saturated carbocycles. The molecule has 1 aromatic rings. The minimum atomic E-state index is -0.412. The molecule has 2 N–H and O–H groups in total. The van der Waals surface area contributed by atoms with Gasteiger partial charge < -0.3 is 5.73 Å². The van der Waals surface area contributed by atoms with Crippen molar-refractivity contribution in [3.63, 3.8) is 0 Å². The van der Waals surface area contributed by atoms with Crippen LogP contribution in [-0.4, -0.2) is 29.8 Å². The number of imide groups is 1. The number of benzene rings is 1. The molecular weight excluding hydrogens is 283 g/mol. The molecule has 0 bridgehead atoms. The van der Waals surface area contributed by atoms with Gasteiger partial charge in [0.2, 0.25) is 0 Å². The van der Waals surface area contributed by atoms with Gasteiger partial charge >= 0.3 is 0 Å². The van der Waals surface area contributed by atoms with Crippen molar-refractivity contribution in [2.45, 2.75) is 27.7 Å². The lowest BCUT2D eigenvalue weighted by Gasteiger charge is -2.16. The van der Waals surface area contributed by atoms with Crippen LogP contribution in [-0.2, 0) is 0 Å². The summed E-state index contributed by atoms with van der Waals surface area (Å²) in [4.78, 5) is 25.4. The van der Waals surface area contributed by atoms with E-state index in [0.717, 1.165) is 4.90 Å². The van der Waals surface area contributed by atoms with Crippen LogP contribution in [0.3, 0.4) is 0 Å². The SMILES string of the molecule is C/C(CN1C(=O)c2ccccc2C1=O)=C(/F)C(C)CN.CC. The summed E-state index contributed by atoms with van der Waals surface area (Å²) in [6.07, 6.45) is 0. The van der Waals surface area contributed by atoms with Crippen molar-refractivity contribution in [1.29, 1.82) is 0 Å². The second-order valence-electron chi connectivity index (χ2n) is 5.01. The van der Waals surface area contributed by atoms with Crippen LogP contribution >= 0.6 is 0 Å². The number of hydrogen-bond donors (Lipinski definition) is 1. The lowest BCUT2D eigenvalue weighted by molar-refractivity contribution is 0.0667. The third kappa shape index (κ3) is 3.42. The molecule has 0 fully saturated rings. The number of amides is 2. The maximum Gasteiger partial charge on any atom is 0.261 e. The maximum atomic E-state index is 14.0. The molecule has 0 radical (unpaired) electrons. The van der Waals surface area contributed by atoms with Crippen LogP contribution in [0.5, 0.6) is 0 Å². The van der Waals surface area contributed by atoms with E-state index in [1.807, 2.05) is 13.8 Å². The van der Waals surface area contributed by atoms with Crippen molar-refractivity contribution in [2.24, 2.45) is 11.7 Å². The molecule has 120 valence electrons. The Morgan fingerprint density at radius 1 is 1.18 bits per heavy atom. The Morgan fingerprint density at radius 3 is 2.05 bits per heavy atom. The first-order valence-electron chi connectivity index (χ1n) is 7.47. The van der Waals surface area contributed by atoms with Gasteiger partial charge in [-0.15, -0.1) is 0 Å². The van der Waals surface area contributed by atoms with Crippen LogP contribution in [0.2, 0.25) is 0 Å². The van der Waals surface area contributed by atoms with Crippen molar-refractivity contribution in [3.05, 3.63) is 46.8 Å². The predicted molar refractivity (Wildman–Crippen MR) is 85.2 cm³/mol. The van der Waals surface area contributed by atoms with Gasteiger partial charge in [0.05, 0.1) is 17.7 Å². The Labute approximate surface area is 130 Å². The Kier molecular flexibility index (Phi) is 6.43. The highest BCUT2D eigenvalue weighted by atomic mass is 19.1. The number of halogens is 1. The zero-order valence-corrected chi connectivity index (χ0v) is 13.5. The van der Waals surface area contributed by atoms with Crippen LogP contribution in [0, 0.1) is 5.92 Å². The van der Waals surface area contributed by atoms with Crippen molar-refractivity contribution in [2.75, 3.05) is 13.1 Å². The number of fused-ring (bicyclic) bond motifs is 1. The topological polar surface area (TPSA) is 63.4 Å². The van der Waals surface area contributed by atoms with Crippen molar-refractivity contribution >= 4 is 11.8 Å². The molecule has 1 aliphatic heterocycles. The average Bonchev–Trinajstić information content (AvgIpc) is 2.80. The molecule has 1 aliphatic rings. The second kappa shape index (κ2) is 7.84. The summed E-state index contributed by atoms with van der Waals surface area (Å²) in [7, 11) is 0. The lowest BCUT2D eigenvalue weighted by atomic mass is 10.1. The number of carbonyl (C=O) groups excluding carboxylic acids is 2. The first-order valence-corrected chi connectivity index (χ1v) is 7.47. The first kappa shape index (κ1) is 18.0. The van der Waals surface area contributed by atoms with E-state index in [4.69, 9.17) is 5.73 Å². The van der Waals surface area contributed by atoms with E-state index in [9.17, 15) is 14.0 Å². The predicted octanol–water partition coefficient (Wildman–Crippen LogP) is 3.15. The number of rotatable bonds is 4. The quantitative estimate of drug-likeness (QED) is 0.869. The Morgan fingerprint density at radius 2 is 1.64 bits per heavy atom. The zero-order valence-electron chi connectivity index (χ0n) is 13.5. The number of hydrogen-bond acceptors (Lipinski definition) is 3. The highest BCUT2D eigenvalue weighted by Gasteiger charge is 2.35. The minimum absolute atomic E-state index is 0.0392. The smallest absolute Gasteiger partial charge is 0.261 e. The summed E-state index contributed by atoms with van der Waals surface area (Å²) < 4.78 is 14.0. The molecule has 0 aliphatic carbocycles. The highest BCUT2D eigenvalue weighted by molar-refractivity contribution is 6.21. The Hall–Kier alpha value is -2.01. The molecule has 5 heteroatoms. The molecule has 0 aromatic heterocycles. The van der Waals surface area contributed by atoms with Crippen LogP contribution in [0.15, 0.2) is 35.7 Å². The second-order valence-corrected chi connectivity index (χ2v) is 5.01. The third-order valence-corrected chi connectivity index (χ3v) is 3.47. The van der Waals surface area contributed by atoms with E-state index < -0.39 is 5.92 Å². The summed E-state index contributed by atoms with van der Waals surface area (Å²) >= 11 is 0. The molecule has 2 amide bonds. The minimum Gasteiger partial charge on any atom is -0.330 e. The van der Waals surface area contributed by atoms with Gasteiger partial charge in [-0.05, 0) is 24.6 Å². The van der Waals surface area contributed by atoms with Crippen molar-refractivity contribution in [1.82, 2.24) is 4.90 Å². The van der Waals surface area contributed by atoms with E-state index in [-0.39, 0.29) is 30.7 Å². The van der Waals surface area contributed by atoms with Gasteiger partial charge in [-0.2, -0.15) is 0 Å². The molecule has 4 nitrogen and oxygen atoms in total. The first-order chi connectivity index (χ1) is 10.5. The molecule has 1 aromatic carbocycles. The molecular formula is C17H23FN2O2. The number of carbonyl (C=O) groups is 2. The largest absolute Gasteiger partial charge is 0.330 e. The summed E-state index contributed by atoms with van der Waals surface area (Å²) in [6.45, 7) is 7.39. The fraction of sp³-hybridized carbons (Fsp3) is 0.412. The third-order valence-electron chi connectivity index (χ3n) is 3.47. The number of nitrogens with zero attached hydrogens (tertiary/aromatic N) is 1. The Bertz CT molecular complexity index is 561. The fourth-order valence-corrected chi connectivity index (χ4v) is 2.22. The number of nitrogens with two attached hydrogens (primary N) is 1. The molecule has 1 unspecified atom stereocenters. The van der Waals surface area contributed by atoms with Gasteiger partial charge in [0.1, 0.15) is 5.83 Å². The monoisotopic (exact) mass is 306 g/mol. The maximum absolute atomic E-state index is 14.0. The molecule has 0 spiro atoms. The molecule has 2 rings (SSSR count).